The summed E-state index contributed by atoms with van der Waals surface area (Å²) in [6.45, 7) is 4.02. The molecule has 6 nitrogen and oxygen atoms in total. The van der Waals surface area contributed by atoms with Crippen LogP contribution in [-0.4, -0.2) is 33.7 Å². The normalized spacial score (nSPS) is 10.6. The minimum absolute atomic E-state index is 0.104. The molecule has 1 heterocycles. The lowest BCUT2D eigenvalue weighted by molar-refractivity contribution is -0.122. The Balaban J connectivity index is 1.51. The summed E-state index contributed by atoms with van der Waals surface area (Å²) in [5, 5.41) is 6.63. The number of benzene rings is 2. The SMILES string of the molecule is Cc1cccc(-n2ccnc2SCC(=O)NCC(=O)Nc2ccc(Cl)cc2)c1C. The fraction of sp³-hybridized carbons (Fsp3) is 0.190. The predicted octanol–water partition coefficient (Wildman–Crippen LogP) is 3.99. The highest BCUT2D eigenvalue weighted by molar-refractivity contribution is 7.99. The van der Waals surface area contributed by atoms with Crippen molar-refractivity contribution >= 4 is 40.9 Å². The minimum atomic E-state index is -0.303. The highest BCUT2D eigenvalue weighted by Crippen LogP contribution is 2.24. The second-order valence-electron chi connectivity index (χ2n) is 6.42. The van der Waals surface area contributed by atoms with E-state index in [2.05, 4.69) is 35.5 Å². The Morgan fingerprint density at radius 2 is 1.86 bits per heavy atom. The number of amides is 2. The third kappa shape index (κ3) is 5.62. The maximum Gasteiger partial charge on any atom is 0.243 e. The molecule has 0 atom stereocenters. The van der Waals surface area contributed by atoms with Crippen LogP contribution in [0, 0.1) is 13.8 Å². The molecule has 2 N–H and O–H groups in total. The zero-order valence-electron chi connectivity index (χ0n) is 16.1. The van der Waals surface area contributed by atoms with E-state index in [-0.39, 0.29) is 24.1 Å². The number of rotatable bonds is 7. The van der Waals surface area contributed by atoms with Gasteiger partial charge < -0.3 is 10.6 Å². The lowest BCUT2D eigenvalue weighted by atomic mass is 10.1. The van der Waals surface area contributed by atoms with Gasteiger partial charge in [-0.25, -0.2) is 4.98 Å². The summed E-state index contributed by atoms with van der Waals surface area (Å²) in [5.74, 6) is -0.379. The smallest absolute Gasteiger partial charge is 0.243 e. The molecule has 8 heteroatoms. The predicted molar refractivity (Wildman–Crippen MR) is 117 cm³/mol. The summed E-state index contributed by atoms with van der Waals surface area (Å²) in [5.41, 5.74) is 4.01. The van der Waals surface area contributed by atoms with Crippen LogP contribution in [-0.2, 0) is 9.59 Å². The van der Waals surface area contributed by atoms with Gasteiger partial charge in [-0.1, -0.05) is 35.5 Å². The lowest BCUT2D eigenvalue weighted by Gasteiger charge is -2.12. The maximum atomic E-state index is 12.1. The van der Waals surface area contributed by atoms with Gasteiger partial charge >= 0.3 is 0 Å². The zero-order valence-corrected chi connectivity index (χ0v) is 17.7. The van der Waals surface area contributed by atoms with Crippen molar-refractivity contribution in [1.29, 1.82) is 0 Å². The fourth-order valence-corrected chi connectivity index (χ4v) is 3.60. The summed E-state index contributed by atoms with van der Waals surface area (Å²) in [6, 6.07) is 12.9. The molecule has 3 aromatic rings. The van der Waals surface area contributed by atoms with E-state index in [1.165, 1.54) is 17.3 Å². The quantitative estimate of drug-likeness (QED) is 0.558. The third-order valence-corrected chi connectivity index (χ3v) is 5.57. The largest absolute Gasteiger partial charge is 0.346 e. The number of aryl methyl sites for hydroxylation is 1. The van der Waals surface area contributed by atoms with Crippen LogP contribution in [0.1, 0.15) is 11.1 Å². The van der Waals surface area contributed by atoms with Crippen molar-refractivity contribution < 1.29 is 9.59 Å². The molecule has 0 radical (unpaired) electrons. The van der Waals surface area contributed by atoms with E-state index >= 15 is 0 Å². The van der Waals surface area contributed by atoms with E-state index in [0.29, 0.717) is 10.7 Å². The standard InChI is InChI=1S/C21H21ClN4O2S/c1-14-4-3-5-18(15(14)2)26-11-10-23-21(26)29-13-20(28)24-12-19(27)25-17-8-6-16(22)7-9-17/h3-11H,12-13H2,1-2H3,(H,24,28)(H,25,27). The summed E-state index contributed by atoms with van der Waals surface area (Å²) >= 11 is 7.14. The molecule has 0 saturated carbocycles. The van der Waals surface area contributed by atoms with Gasteiger partial charge in [-0.2, -0.15) is 0 Å². The van der Waals surface area contributed by atoms with E-state index in [1.54, 1.807) is 30.5 Å². The molecule has 1 aromatic heterocycles. The van der Waals surface area contributed by atoms with Crippen LogP contribution in [0.15, 0.2) is 60.0 Å². The lowest BCUT2D eigenvalue weighted by Crippen LogP contribution is -2.33. The Kier molecular flexibility index (Phi) is 6.95. The third-order valence-electron chi connectivity index (χ3n) is 4.35. The molecule has 0 fully saturated rings. The van der Waals surface area contributed by atoms with Gasteiger partial charge in [0, 0.05) is 23.1 Å². The number of hydrogen-bond donors (Lipinski definition) is 2. The Morgan fingerprint density at radius 3 is 2.62 bits per heavy atom. The van der Waals surface area contributed by atoms with Crippen molar-refractivity contribution in [2.75, 3.05) is 17.6 Å². The van der Waals surface area contributed by atoms with E-state index in [9.17, 15) is 9.59 Å². The molecule has 0 aliphatic heterocycles. The molecule has 29 heavy (non-hydrogen) atoms. The average molecular weight is 429 g/mol. The van der Waals surface area contributed by atoms with Crippen LogP contribution < -0.4 is 10.6 Å². The van der Waals surface area contributed by atoms with Crippen molar-refractivity contribution in [2.45, 2.75) is 19.0 Å². The van der Waals surface area contributed by atoms with Crippen molar-refractivity contribution in [3.05, 3.63) is 71.0 Å². The van der Waals surface area contributed by atoms with Gasteiger partial charge in [0.05, 0.1) is 18.0 Å². The van der Waals surface area contributed by atoms with E-state index in [4.69, 9.17) is 11.6 Å². The van der Waals surface area contributed by atoms with E-state index in [1.807, 2.05) is 22.9 Å². The van der Waals surface area contributed by atoms with Crippen molar-refractivity contribution in [1.82, 2.24) is 14.9 Å². The molecule has 0 saturated heterocycles. The monoisotopic (exact) mass is 428 g/mol. The Morgan fingerprint density at radius 1 is 1.10 bits per heavy atom. The molecule has 3 rings (SSSR count). The Labute approximate surface area is 178 Å². The van der Waals surface area contributed by atoms with Crippen LogP contribution in [0.25, 0.3) is 5.69 Å². The summed E-state index contributed by atoms with van der Waals surface area (Å²) in [6.07, 6.45) is 3.59. The van der Waals surface area contributed by atoms with Gasteiger partial charge in [-0.3, -0.25) is 14.2 Å². The van der Waals surface area contributed by atoms with Gasteiger partial charge in [-0.15, -0.1) is 0 Å². The van der Waals surface area contributed by atoms with Crippen LogP contribution in [0.5, 0.6) is 0 Å². The van der Waals surface area contributed by atoms with Gasteiger partial charge in [-0.05, 0) is 55.3 Å². The molecule has 150 valence electrons. The number of thioether (sulfide) groups is 1. The van der Waals surface area contributed by atoms with Crippen molar-refractivity contribution in [3.8, 4) is 5.69 Å². The van der Waals surface area contributed by atoms with Gasteiger partial charge in [0.1, 0.15) is 0 Å². The molecular formula is C21H21ClN4O2S. The number of nitrogens with zero attached hydrogens (tertiary/aromatic N) is 2. The summed E-state index contributed by atoms with van der Waals surface area (Å²) in [4.78, 5) is 28.5. The first-order chi connectivity index (χ1) is 13.9. The van der Waals surface area contributed by atoms with Gasteiger partial charge in [0.25, 0.3) is 0 Å². The minimum Gasteiger partial charge on any atom is -0.346 e. The number of hydrogen-bond acceptors (Lipinski definition) is 4. The first-order valence-electron chi connectivity index (χ1n) is 8.99. The number of nitrogens with one attached hydrogen (secondary N) is 2. The fourth-order valence-electron chi connectivity index (χ4n) is 2.67. The highest BCUT2D eigenvalue weighted by Gasteiger charge is 2.12. The molecule has 0 bridgehead atoms. The first kappa shape index (κ1) is 21.0. The van der Waals surface area contributed by atoms with Crippen molar-refractivity contribution in [2.24, 2.45) is 0 Å². The molecule has 0 aliphatic carbocycles. The molecule has 2 amide bonds. The number of imidazole rings is 1. The molecule has 0 aliphatic rings. The topological polar surface area (TPSA) is 76.0 Å². The van der Waals surface area contributed by atoms with Gasteiger partial charge in [0.15, 0.2) is 5.16 Å². The molecule has 2 aromatic carbocycles. The van der Waals surface area contributed by atoms with Crippen molar-refractivity contribution in [3.63, 3.8) is 0 Å². The van der Waals surface area contributed by atoms with E-state index in [0.717, 1.165) is 16.4 Å². The van der Waals surface area contributed by atoms with Crippen LogP contribution in [0.4, 0.5) is 5.69 Å². The second-order valence-corrected chi connectivity index (χ2v) is 7.80. The zero-order chi connectivity index (χ0) is 20.8. The molecular weight excluding hydrogens is 408 g/mol. The summed E-state index contributed by atoms with van der Waals surface area (Å²) in [7, 11) is 0. The molecule has 0 spiro atoms. The molecule has 0 unspecified atom stereocenters. The second kappa shape index (κ2) is 9.62. The first-order valence-corrected chi connectivity index (χ1v) is 10.4. The van der Waals surface area contributed by atoms with Gasteiger partial charge in [0.2, 0.25) is 11.8 Å². The number of halogens is 1. The maximum absolute atomic E-state index is 12.1. The summed E-state index contributed by atoms with van der Waals surface area (Å²) < 4.78 is 1.97. The Hall–Kier alpha value is -2.77. The van der Waals surface area contributed by atoms with Crippen LogP contribution in [0.3, 0.4) is 0 Å². The van der Waals surface area contributed by atoms with Crippen LogP contribution >= 0.6 is 23.4 Å². The number of anilines is 1. The number of carbonyl (C=O) groups excluding carboxylic acids is 2. The average Bonchev–Trinajstić information content (AvgIpc) is 3.17. The number of aromatic nitrogens is 2. The number of carbonyl (C=O) groups is 2. The highest BCUT2D eigenvalue weighted by atomic mass is 35.5. The van der Waals surface area contributed by atoms with E-state index < -0.39 is 0 Å². The van der Waals surface area contributed by atoms with Crippen LogP contribution in [0.2, 0.25) is 5.02 Å². The Bertz CT molecular complexity index is 1020.